The first-order valence-corrected chi connectivity index (χ1v) is 6.63. The van der Waals surface area contributed by atoms with Crippen molar-refractivity contribution in [3.05, 3.63) is 22.8 Å². The molecule has 7 heteroatoms. The molecule has 1 aromatic heterocycles. The fourth-order valence-electron chi connectivity index (χ4n) is 1.35. The van der Waals surface area contributed by atoms with Crippen molar-refractivity contribution in [3.8, 4) is 0 Å². The minimum atomic E-state index is -0.809. The van der Waals surface area contributed by atoms with E-state index in [1.807, 2.05) is 6.92 Å². The lowest BCUT2D eigenvalue weighted by Gasteiger charge is -2.20. The van der Waals surface area contributed by atoms with Gasteiger partial charge in [0.15, 0.2) is 0 Å². The number of primary amides is 1. The van der Waals surface area contributed by atoms with E-state index in [-0.39, 0.29) is 12.5 Å². The zero-order chi connectivity index (χ0) is 15.3. The second-order valence-corrected chi connectivity index (χ2v) is 5.42. The maximum Gasteiger partial charge on any atom is 0.252 e. The van der Waals surface area contributed by atoms with E-state index in [0.717, 1.165) is 0 Å². The molecule has 20 heavy (non-hydrogen) atoms. The normalized spacial score (nSPS) is 11.0. The van der Waals surface area contributed by atoms with E-state index in [0.29, 0.717) is 22.9 Å². The lowest BCUT2D eigenvalue weighted by molar-refractivity contribution is -0.125. The molecule has 0 spiro atoms. The number of halogens is 1. The Morgan fingerprint density at radius 2 is 2.10 bits per heavy atom. The number of carbonyl (C=O) groups excluding carboxylic acids is 2. The van der Waals surface area contributed by atoms with E-state index < -0.39 is 11.3 Å². The van der Waals surface area contributed by atoms with Crippen LogP contribution in [0.25, 0.3) is 0 Å². The zero-order valence-corrected chi connectivity index (χ0v) is 12.5. The Bertz CT molecular complexity index is 517. The summed E-state index contributed by atoms with van der Waals surface area (Å²) in [6, 6.07) is 1.53. The predicted octanol–water partition coefficient (Wildman–Crippen LogP) is 1.41. The molecule has 0 bridgehead atoms. The minimum Gasteiger partial charge on any atom is -0.369 e. The van der Waals surface area contributed by atoms with E-state index in [2.05, 4.69) is 15.6 Å². The minimum absolute atomic E-state index is 0.147. The van der Waals surface area contributed by atoms with E-state index in [9.17, 15) is 9.59 Å². The smallest absolute Gasteiger partial charge is 0.252 e. The van der Waals surface area contributed by atoms with Crippen LogP contribution in [0.2, 0.25) is 5.02 Å². The first-order valence-electron chi connectivity index (χ1n) is 6.25. The summed E-state index contributed by atoms with van der Waals surface area (Å²) in [6.07, 6.45) is 1.43. The highest BCUT2D eigenvalue weighted by atomic mass is 35.5. The number of amides is 2. The van der Waals surface area contributed by atoms with Gasteiger partial charge in [0.05, 0.1) is 16.0 Å². The lowest BCUT2D eigenvalue weighted by Crippen LogP contribution is -2.42. The van der Waals surface area contributed by atoms with Gasteiger partial charge in [-0.25, -0.2) is 4.98 Å². The van der Waals surface area contributed by atoms with Crippen molar-refractivity contribution in [1.82, 2.24) is 10.3 Å². The maximum atomic E-state index is 12.0. The number of hydrogen-bond acceptors (Lipinski definition) is 4. The molecular formula is C13H19ClN4O2. The van der Waals surface area contributed by atoms with Gasteiger partial charge in [0.25, 0.3) is 5.91 Å². The van der Waals surface area contributed by atoms with Gasteiger partial charge in [-0.1, -0.05) is 11.6 Å². The molecule has 0 aliphatic heterocycles. The molecule has 0 aliphatic rings. The highest BCUT2D eigenvalue weighted by molar-refractivity contribution is 6.33. The number of hydrogen-bond donors (Lipinski definition) is 3. The molecule has 1 heterocycles. The van der Waals surface area contributed by atoms with Crippen LogP contribution >= 0.6 is 11.6 Å². The Morgan fingerprint density at radius 3 is 2.60 bits per heavy atom. The quantitative estimate of drug-likeness (QED) is 0.739. The number of nitrogens with one attached hydrogen (secondary N) is 2. The average molecular weight is 299 g/mol. The molecule has 0 radical (unpaired) electrons. The molecular weight excluding hydrogens is 280 g/mol. The van der Waals surface area contributed by atoms with Crippen molar-refractivity contribution in [3.63, 3.8) is 0 Å². The number of nitrogens with two attached hydrogens (primary N) is 1. The van der Waals surface area contributed by atoms with E-state index in [1.165, 1.54) is 12.3 Å². The van der Waals surface area contributed by atoms with Crippen molar-refractivity contribution in [2.24, 2.45) is 11.1 Å². The summed E-state index contributed by atoms with van der Waals surface area (Å²) in [7, 11) is 0. The summed E-state index contributed by atoms with van der Waals surface area (Å²) in [5, 5.41) is 5.99. The lowest BCUT2D eigenvalue weighted by atomic mass is 9.93. The molecule has 1 rings (SSSR count). The van der Waals surface area contributed by atoms with E-state index in [1.54, 1.807) is 13.8 Å². The van der Waals surface area contributed by atoms with E-state index >= 15 is 0 Å². The first-order chi connectivity index (χ1) is 9.27. The summed E-state index contributed by atoms with van der Waals surface area (Å²) < 4.78 is 0. The molecule has 0 fully saturated rings. The third-order valence-electron chi connectivity index (χ3n) is 2.81. The van der Waals surface area contributed by atoms with Gasteiger partial charge in [-0.2, -0.15) is 0 Å². The highest BCUT2D eigenvalue weighted by Gasteiger charge is 2.25. The van der Waals surface area contributed by atoms with Gasteiger partial charge < -0.3 is 16.4 Å². The van der Waals surface area contributed by atoms with Crippen molar-refractivity contribution >= 4 is 29.2 Å². The van der Waals surface area contributed by atoms with Crippen LogP contribution in [0.5, 0.6) is 0 Å². The van der Waals surface area contributed by atoms with Gasteiger partial charge >= 0.3 is 0 Å². The number of pyridine rings is 1. The molecule has 6 nitrogen and oxygen atoms in total. The van der Waals surface area contributed by atoms with Crippen LogP contribution in [0.15, 0.2) is 12.3 Å². The van der Waals surface area contributed by atoms with Gasteiger partial charge in [0, 0.05) is 19.3 Å². The second kappa shape index (κ2) is 6.56. The highest BCUT2D eigenvalue weighted by Crippen LogP contribution is 2.20. The molecule has 0 aromatic carbocycles. The number of nitrogens with zero attached hydrogens (tertiary/aromatic N) is 1. The molecule has 2 amide bonds. The second-order valence-electron chi connectivity index (χ2n) is 5.02. The van der Waals surface area contributed by atoms with Gasteiger partial charge in [0.2, 0.25) is 5.91 Å². The fourth-order valence-corrected chi connectivity index (χ4v) is 1.58. The van der Waals surface area contributed by atoms with Crippen molar-refractivity contribution in [2.75, 3.05) is 18.4 Å². The van der Waals surface area contributed by atoms with Crippen LogP contribution < -0.4 is 16.4 Å². The third-order valence-corrected chi connectivity index (χ3v) is 3.09. The summed E-state index contributed by atoms with van der Waals surface area (Å²) in [6.45, 7) is 6.08. The van der Waals surface area contributed by atoms with E-state index in [4.69, 9.17) is 17.3 Å². The molecule has 0 saturated carbocycles. The molecule has 0 saturated heterocycles. The Kier molecular flexibility index (Phi) is 5.33. The number of anilines is 1. The van der Waals surface area contributed by atoms with Crippen LogP contribution in [0.3, 0.4) is 0 Å². The fraction of sp³-hybridized carbons (Fsp3) is 0.462. The summed E-state index contributed by atoms with van der Waals surface area (Å²) >= 11 is 6.01. The first kappa shape index (κ1) is 16.2. The standard InChI is InChI=1S/C13H19ClN4O2/c1-4-16-10-9(14)5-8(6-17-10)11(19)18-7-13(2,3)12(15)20/h5-6H,4,7H2,1-3H3,(H2,15,20)(H,16,17)(H,18,19). The SMILES string of the molecule is CCNc1ncc(C(=O)NCC(C)(C)C(N)=O)cc1Cl. The van der Waals surface area contributed by atoms with Crippen LogP contribution in [0, 0.1) is 5.41 Å². The van der Waals surface area contributed by atoms with Crippen molar-refractivity contribution in [2.45, 2.75) is 20.8 Å². The molecule has 0 aliphatic carbocycles. The van der Waals surface area contributed by atoms with Crippen LogP contribution in [0.1, 0.15) is 31.1 Å². The topological polar surface area (TPSA) is 97.1 Å². The molecule has 0 unspecified atom stereocenters. The summed E-state index contributed by atoms with van der Waals surface area (Å²) in [5.41, 5.74) is 4.76. The third kappa shape index (κ3) is 4.09. The molecule has 1 aromatic rings. The maximum absolute atomic E-state index is 12.0. The largest absolute Gasteiger partial charge is 0.369 e. The average Bonchev–Trinajstić information content (AvgIpc) is 2.38. The molecule has 4 N–H and O–H groups in total. The van der Waals surface area contributed by atoms with Gasteiger partial charge in [0.1, 0.15) is 5.82 Å². The van der Waals surface area contributed by atoms with Crippen molar-refractivity contribution < 1.29 is 9.59 Å². The van der Waals surface area contributed by atoms with Gasteiger partial charge in [-0.05, 0) is 26.8 Å². The number of carbonyl (C=O) groups is 2. The summed E-state index contributed by atoms with van der Waals surface area (Å²) in [5.74, 6) is -0.295. The van der Waals surface area contributed by atoms with Crippen molar-refractivity contribution in [1.29, 1.82) is 0 Å². The summed E-state index contributed by atoms with van der Waals surface area (Å²) in [4.78, 5) is 27.2. The monoisotopic (exact) mass is 298 g/mol. The van der Waals surface area contributed by atoms with Crippen LogP contribution in [-0.4, -0.2) is 29.9 Å². The number of rotatable bonds is 6. The predicted molar refractivity (Wildman–Crippen MR) is 78.7 cm³/mol. The van der Waals surface area contributed by atoms with Crippen LogP contribution in [-0.2, 0) is 4.79 Å². The van der Waals surface area contributed by atoms with Gasteiger partial charge in [-0.15, -0.1) is 0 Å². The Morgan fingerprint density at radius 1 is 1.45 bits per heavy atom. The number of aromatic nitrogens is 1. The Balaban J connectivity index is 2.74. The Hall–Kier alpha value is -1.82. The molecule has 0 atom stereocenters. The zero-order valence-electron chi connectivity index (χ0n) is 11.8. The van der Waals surface area contributed by atoms with Crippen LogP contribution in [0.4, 0.5) is 5.82 Å². The Labute approximate surface area is 123 Å². The van der Waals surface area contributed by atoms with Gasteiger partial charge in [-0.3, -0.25) is 9.59 Å². The molecule has 110 valence electrons.